The van der Waals surface area contributed by atoms with E-state index in [0.29, 0.717) is 5.75 Å². The minimum atomic E-state index is -1.15. The Morgan fingerprint density at radius 1 is 1.07 bits per heavy atom. The van der Waals surface area contributed by atoms with Gasteiger partial charge in [0.05, 0.1) is 14.2 Å². The predicted molar refractivity (Wildman–Crippen MR) is 110 cm³/mol. The molecule has 0 unspecified atom stereocenters. The third-order valence-corrected chi connectivity index (χ3v) is 5.03. The number of nitrogens with one attached hydrogen (secondary N) is 2. The van der Waals surface area contributed by atoms with Crippen molar-refractivity contribution in [2.75, 3.05) is 20.8 Å². The number of urea groups is 1. The molecular weight excluding hydrogens is 386 g/mol. The molecule has 1 saturated heterocycles. The molecule has 4 amide bonds. The van der Waals surface area contributed by atoms with Gasteiger partial charge in [-0.05, 0) is 36.2 Å². The first-order valence-corrected chi connectivity index (χ1v) is 9.52. The molecule has 8 heteroatoms. The van der Waals surface area contributed by atoms with Crippen molar-refractivity contribution in [3.8, 4) is 11.5 Å². The Balaban J connectivity index is 1.61. The monoisotopic (exact) mass is 411 g/mol. The van der Waals surface area contributed by atoms with Crippen LogP contribution in [0, 0.1) is 0 Å². The van der Waals surface area contributed by atoms with Crippen molar-refractivity contribution in [1.82, 2.24) is 15.5 Å². The maximum atomic E-state index is 12.9. The molecule has 3 rings (SSSR count). The summed E-state index contributed by atoms with van der Waals surface area (Å²) in [5, 5.41) is 5.44. The van der Waals surface area contributed by atoms with Crippen molar-refractivity contribution < 1.29 is 23.9 Å². The molecule has 8 nitrogen and oxygen atoms in total. The van der Waals surface area contributed by atoms with E-state index in [4.69, 9.17) is 9.47 Å². The molecule has 30 heavy (non-hydrogen) atoms. The highest BCUT2D eigenvalue weighted by molar-refractivity contribution is 6.09. The normalized spacial score (nSPS) is 18.2. The van der Waals surface area contributed by atoms with E-state index in [2.05, 4.69) is 10.6 Å². The summed E-state index contributed by atoms with van der Waals surface area (Å²) in [6.07, 6.45) is 0.256. The highest BCUT2D eigenvalue weighted by Gasteiger charge is 2.48. The fourth-order valence-corrected chi connectivity index (χ4v) is 3.38. The van der Waals surface area contributed by atoms with Crippen LogP contribution >= 0.6 is 0 Å². The summed E-state index contributed by atoms with van der Waals surface area (Å²) in [4.78, 5) is 38.6. The van der Waals surface area contributed by atoms with Gasteiger partial charge in [-0.3, -0.25) is 14.5 Å². The van der Waals surface area contributed by atoms with Gasteiger partial charge in [-0.2, -0.15) is 0 Å². The minimum Gasteiger partial charge on any atom is -0.497 e. The van der Waals surface area contributed by atoms with Crippen LogP contribution in [0.25, 0.3) is 0 Å². The number of ether oxygens (including phenoxy) is 2. The second-order valence-electron chi connectivity index (χ2n) is 7.27. The largest absolute Gasteiger partial charge is 0.497 e. The fraction of sp³-hybridized carbons (Fsp3) is 0.318. The number of para-hydroxylation sites is 1. The first-order chi connectivity index (χ1) is 14.4. The van der Waals surface area contributed by atoms with E-state index in [1.165, 1.54) is 0 Å². The Morgan fingerprint density at radius 3 is 2.43 bits per heavy atom. The highest BCUT2D eigenvalue weighted by Crippen LogP contribution is 2.27. The van der Waals surface area contributed by atoms with E-state index in [1.54, 1.807) is 39.3 Å². The Kier molecular flexibility index (Phi) is 6.25. The molecule has 0 aliphatic carbocycles. The molecule has 1 fully saturated rings. The van der Waals surface area contributed by atoms with Crippen LogP contribution in [0.4, 0.5) is 4.79 Å². The lowest BCUT2D eigenvalue weighted by molar-refractivity contribution is -0.134. The molecule has 1 aliphatic heterocycles. The number of rotatable bonds is 8. The first kappa shape index (κ1) is 21.2. The maximum Gasteiger partial charge on any atom is 0.325 e. The summed E-state index contributed by atoms with van der Waals surface area (Å²) < 4.78 is 10.4. The highest BCUT2D eigenvalue weighted by atomic mass is 16.5. The van der Waals surface area contributed by atoms with Crippen LogP contribution < -0.4 is 20.1 Å². The van der Waals surface area contributed by atoms with Crippen molar-refractivity contribution in [3.05, 3.63) is 59.7 Å². The summed E-state index contributed by atoms with van der Waals surface area (Å²) in [6.45, 7) is 1.59. The van der Waals surface area contributed by atoms with Crippen molar-refractivity contribution in [2.24, 2.45) is 0 Å². The average molecular weight is 411 g/mol. The molecule has 0 spiro atoms. The fourth-order valence-electron chi connectivity index (χ4n) is 3.38. The van der Waals surface area contributed by atoms with E-state index in [0.717, 1.165) is 21.8 Å². The lowest BCUT2D eigenvalue weighted by atomic mass is 9.92. The van der Waals surface area contributed by atoms with Gasteiger partial charge in [-0.1, -0.05) is 30.3 Å². The van der Waals surface area contributed by atoms with E-state index in [1.807, 2.05) is 30.3 Å². The van der Waals surface area contributed by atoms with Crippen LogP contribution in [0.1, 0.15) is 18.1 Å². The van der Waals surface area contributed by atoms with Gasteiger partial charge in [-0.25, -0.2) is 4.79 Å². The zero-order chi connectivity index (χ0) is 21.7. The molecule has 1 atom stereocenters. The second-order valence-corrected chi connectivity index (χ2v) is 7.27. The minimum absolute atomic E-state index is 0.256. The Morgan fingerprint density at radius 2 is 1.77 bits per heavy atom. The zero-order valence-electron chi connectivity index (χ0n) is 17.2. The molecule has 1 heterocycles. The molecule has 158 valence electrons. The number of carbonyl (C=O) groups is 3. The summed E-state index contributed by atoms with van der Waals surface area (Å²) >= 11 is 0. The number of benzene rings is 2. The third-order valence-electron chi connectivity index (χ3n) is 5.03. The number of amides is 4. The predicted octanol–water partition coefficient (Wildman–Crippen LogP) is 1.87. The average Bonchev–Trinajstić information content (AvgIpc) is 2.95. The summed E-state index contributed by atoms with van der Waals surface area (Å²) in [6, 6.07) is 14.0. The summed E-state index contributed by atoms with van der Waals surface area (Å²) in [5.41, 5.74) is 0.520. The molecule has 2 aromatic carbocycles. The first-order valence-electron chi connectivity index (χ1n) is 9.52. The molecule has 2 aromatic rings. The Hall–Kier alpha value is -3.55. The molecule has 0 aromatic heterocycles. The van der Waals surface area contributed by atoms with Crippen LogP contribution in [0.5, 0.6) is 11.5 Å². The van der Waals surface area contributed by atoms with Crippen LogP contribution in [0.15, 0.2) is 48.5 Å². The van der Waals surface area contributed by atoms with Gasteiger partial charge in [0, 0.05) is 13.0 Å². The van der Waals surface area contributed by atoms with Gasteiger partial charge in [0.25, 0.3) is 5.91 Å². The van der Waals surface area contributed by atoms with Gasteiger partial charge >= 0.3 is 6.03 Å². The number of hydrogen-bond acceptors (Lipinski definition) is 5. The maximum absolute atomic E-state index is 12.9. The van der Waals surface area contributed by atoms with Crippen LogP contribution in [0.3, 0.4) is 0 Å². The quantitative estimate of drug-likeness (QED) is 0.647. The van der Waals surface area contributed by atoms with Crippen LogP contribution in [0.2, 0.25) is 0 Å². The Bertz CT molecular complexity index is 944. The molecule has 0 bridgehead atoms. The van der Waals surface area contributed by atoms with E-state index in [9.17, 15) is 14.4 Å². The van der Waals surface area contributed by atoms with Crippen molar-refractivity contribution in [2.45, 2.75) is 25.4 Å². The lowest BCUT2D eigenvalue weighted by Gasteiger charge is -2.22. The number of methoxy groups -OCH3 is 2. The number of carbonyl (C=O) groups excluding carboxylic acids is 3. The molecular formula is C22H25N3O5. The number of nitrogens with zero attached hydrogens (tertiary/aromatic N) is 1. The van der Waals surface area contributed by atoms with Gasteiger partial charge in [0.15, 0.2) is 0 Å². The van der Waals surface area contributed by atoms with Crippen molar-refractivity contribution in [1.29, 1.82) is 0 Å². The van der Waals surface area contributed by atoms with Crippen LogP contribution in [-0.4, -0.2) is 49.0 Å². The summed E-state index contributed by atoms with van der Waals surface area (Å²) in [7, 11) is 3.13. The SMILES string of the molecule is COc1ccc(CNC(=O)CN2C(=O)N[C@@](C)(Cc3ccccc3OC)C2=O)cc1. The van der Waals surface area contributed by atoms with Crippen molar-refractivity contribution in [3.63, 3.8) is 0 Å². The second kappa shape index (κ2) is 8.86. The number of hydrogen-bond donors (Lipinski definition) is 2. The van der Waals surface area contributed by atoms with E-state index >= 15 is 0 Å². The zero-order valence-corrected chi connectivity index (χ0v) is 17.2. The van der Waals surface area contributed by atoms with E-state index < -0.39 is 23.4 Å². The lowest BCUT2D eigenvalue weighted by Crippen LogP contribution is -2.46. The topological polar surface area (TPSA) is 97.0 Å². The third kappa shape index (κ3) is 4.53. The van der Waals surface area contributed by atoms with Crippen molar-refractivity contribution >= 4 is 17.8 Å². The van der Waals surface area contributed by atoms with Gasteiger partial charge in [0.1, 0.15) is 23.6 Å². The molecule has 0 saturated carbocycles. The van der Waals surface area contributed by atoms with Crippen LogP contribution in [-0.2, 0) is 22.6 Å². The Labute approximate surface area is 175 Å². The molecule has 0 radical (unpaired) electrons. The summed E-state index contributed by atoms with van der Waals surface area (Å²) in [5.74, 6) is 0.490. The van der Waals surface area contributed by atoms with Gasteiger partial charge < -0.3 is 20.1 Å². The van der Waals surface area contributed by atoms with Gasteiger partial charge in [-0.15, -0.1) is 0 Å². The molecule has 1 aliphatic rings. The number of imide groups is 1. The van der Waals surface area contributed by atoms with Gasteiger partial charge in [0.2, 0.25) is 5.91 Å². The van der Waals surface area contributed by atoms with E-state index in [-0.39, 0.29) is 19.5 Å². The standard InChI is InChI=1S/C22H25N3O5/c1-22(12-16-6-4-5-7-18(16)30-3)20(27)25(21(28)24-22)14-19(26)23-13-15-8-10-17(29-2)11-9-15/h4-11H,12-14H2,1-3H3,(H,23,26)(H,24,28)/t22-/m0/s1. The molecule has 2 N–H and O–H groups in total. The smallest absolute Gasteiger partial charge is 0.325 e.